The van der Waals surface area contributed by atoms with Crippen LogP contribution in [0.3, 0.4) is 0 Å². The third-order valence-corrected chi connectivity index (χ3v) is 0. The summed E-state index contributed by atoms with van der Waals surface area (Å²) < 4.78 is 0. The Labute approximate surface area is 145 Å². The zero-order chi connectivity index (χ0) is 0. The summed E-state index contributed by atoms with van der Waals surface area (Å²) in [6.07, 6.45) is 0. The van der Waals surface area contributed by atoms with Gasteiger partial charge in [-0.2, -0.15) is 0 Å². The van der Waals surface area contributed by atoms with Gasteiger partial charge >= 0.3 is 0 Å². The van der Waals surface area contributed by atoms with E-state index in [1.807, 2.05) is 0 Å². The molecule has 0 aliphatic carbocycles. The Balaban J connectivity index is 0. The quantitative estimate of drug-likeness (QED) is 0.310. The van der Waals surface area contributed by atoms with Gasteiger partial charge in [0.2, 0.25) is 0 Å². The van der Waals surface area contributed by atoms with Crippen LogP contribution < -0.4 is 0 Å². The normalized spacial score (nSPS) is 0. The van der Waals surface area contributed by atoms with Crippen LogP contribution in [0.5, 0.6) is 0 Å². The maximum atomic E-state index is 0. The molecule has 0 amide bonds. The molecule has 0 atom stereocenters. The maximum Gasteiger partial charge on any atom is 0 e. The van der Waals surface area contributed by atoms with Crippen molar-refractivity contribution < 1.29 is 141 Å². The van der Waals surface area contributed by atoms with E-state index in [0.717, 1.165) is 0 Å². The summed E-state index contributed by atoms with van der Waals surface area (Å²) in [6.45, 7) is 0. The van der Waals surface area contributed by atoms with Gasteiger partial charge in [-0.3, -0.25) is 0 Å². The summed E-state index contributed by atoms with van der Waals surface area (Å²) in [5.41, 5.74) is 0. The van der Waals surface area contributed by atoms with Crippen LogP contribution in [0.15, 0.2) is 0 Å². The monoisotopic (exact) mass is 1370 g/mol. The smallest absolute Gasteiger partial charge is 0 e. The Bertz CT molecular complexity index is 4.35. The summed E-state index contributed by atoms with van der Waals surface area (Å²) >= 11 is 0. The molecule has 7 radical (unpaired) electrons. The molecule has 0 heterocycles. The van der Waals surface area contributed by atoms with Crippen molar-refractivity contribution in [1.82, 2.24) is 0 Å². The van der Waals surface area contributed by atoms with E-state index in [4.69, 9.17) is 0 Å². The minimum atomic E-state index is 0. The topological polar surface area (TPSA) is 0 Å². The molecule has 0 aromatic rings. The summed E-state index contributed by atoms with van der Waals surface area (Å²) in [7, 11) is 0. The first-order chi connectivity index (χ1) is 0. The molecule has 0 spiro atoms. The van der Waals surface area contributed by atoms with Crippen molar-refractivity contribution in [3.63, 3.8) is 0 Å². The summed E-state index contributed by atoms with van der Waals surface area (Å²) in [4.78, 5) is 0. The largest absolute Gasteiger partial charge is 0.358 e. The van der Waals surface area contributed by atoms with Gasteiger partial charge in [-0.05, 0) is 0 Å². The van der Waals surface area contributed by atoms with Gasteiger partial charge in [-0.1, -0.05) is 0 Å². The molecule has 0 N–H and O–H groups in total. The van der Waals surface area contributed by atoms with Gasteiger partial charge in [-0.15, -0.1) is 0 Å². The van der Waals surface area contributed by atoms with Crippen LogP contribution >= 0.6 is 0 Å². The molecular formula is CH3Ir7-. The fourth-order valence-electron chi connectivity index (χ4n) is 0. The van der Waals surface area contributed by atoms with Crippen molar-refractivity contribution in [2.45, 2.75) is 0 Å². The minimum Gasteiger partial charge on any atom is -0.358 e. The van der Waals surface area contributed by atoms with Crippen molar-refractivity contribution in [1.29, 1.82) is 0 Å². The van der Waals surface area contributed by atoms with Gasteiger partial charge in [0, 0.05) is 141 Å². The van der Waals surface area contributed by atoms with Crippen LogP contribution in [0.1, 0.15) is 0 Å². The van der Waals surface area contributed by atoms with Gasteiger partial charge in [-0.25, -0.2) is 0 Å². The second-order valence-electron chi connectivity index (χ2n) is 0. The average Bonchev–Trinajstić information content (AvgIpc) is 0. The molecule has 0 rings (SSSR count). The van der Waals surface area contributed by atoms with Crippen molar-refractivity contribution in [3.8, 4) is 0 Å². The molecule has 0 aliphatic heterocycles. The van der Waals surface area contributed by atoms with E-state index in [-0.39, 0.29) is 148 Å². The first kappa shape index (κ1) is 80.9. The van der Waals surface area contributed by atoms with Crippen molar-refractivity contribution >= 4 is 0 Å². The van der Waals surface area contributed by atoms with Crippen LogP contribution in [0.4, 0.5) is 0 Å². The van der Waals surface area contributed by atoms with E-state index in [9.17, 15) is 0 Å². The molecule has 7 heteroatoms. The molecule has 0 aromatic carbocycles. The van der Waals surface area contributed by atoms with Crippen LogP contribution in [-0.2, 0) is 141 Å². The fraction of sp³-hybridized carbons (Fsp3) is 0. The van der Waals surface area contributed by atoms with Gasteiger partial charge in [0.1, 0.15) is 0 Å². The Morgan fingerprint density at radius 1 is 0.250 bits per heavy atom. The maximum absolute atomic E-state index is 0. The Kier molecular flexibility index (Phi) is 629. The Morgan fingerprint density at radius 3 is 0.250 bits per heavy atom. The van der Waals surface area contributed by atoms with Crippen LogP contribution in [0, 0.1) is 7.43 Å². The predicted octanol–water partition coefficient (Wildman–Crippen LogP) is 0.433. The van der Waals surface area contributed by atoms with Gasteiger partial charge in [0.15, 0.2) is 0 Å². The number of hydrogen-bond donors (Lipinski definition) is 0. The minimum absolute atomic E-state index is 0. The van der Waals surface area contributed by atoms with Crippen LogP contribution in [0.2, 0.25) is 0 Å². The fourth-order valence-corrected chi connectivity index (χ4v) is 0. The summed E-state index contributed by atoms with van der Waals surface area (Å²) in [5, 5.41) is 0. The van der Waals surface area contributed by atoms with E-state index >= 15 is 0 Å². The SMILES string of the molecule is [CH3-].[Ir].[Ir].[Ir].[Ir].[Ir].[Ir].[Ir]. The summed E-state index contributed by atoms with van der Waals surface area (Å²) in [5.74, 6) is 0. The molecule has 0 nitrogen and oxygen atoms in total. The standard InChI is InChI=1S/CH3.7Ir/h1H3;;;;;;;/q-1;;;;;;;. The second-order valence-corrected chi connectivity index (χ2v) is 0. The molecule has 0 bridgehead atoms. The number of hydrogen-bond acceptors (Lipinski definition) is 0. The zero-order valence-electron chi connectivity index (χ0n) is 3.33. The van der Waals surface area contributed by atoms with Crippen LogP contribution in [0.25, 0.3) is 0 Å². The third-order valence-electron chi connectivity index (χ3n) is 0. The predicted molar refractivity (Wildman–Crippen MR) is 6.41 cm³/mol. The van der Waals surface area contributed by atoms with E-state index in [1.54, 1.807) is 0 Å². The first-order valence-electron chi connectivity index (χ1n) is 0. The molecule has 71 valence electrons. The van der Waals surface area contributed by atoms with E-state index < -0.39 is 0 Å². The zero-order valence-corrected chi connectivity index (χ0v) is 20.1. The molecule has 8 heavy (non-hydrogen) atoms. The first-order valence-corrected chi connectivity index (χ1v) is 0. The molecule has 0 saturated carbocycles. The van der Waals surface area contributed by atoms with Gasteiger partial charge in [0.25, 0.3) is 0 Å². The van der Waals surface area contributed by atoms with E-state index in [2.05, 4.69) is 0 Å². The van der Waals surface area contributed by atoms with Gasteiger partial charge < -0.3 is 7.43 Å². The molecule has 0 fully saturated rings. The van der Waals surface area contributed by atoms with E-state index in [0.29, 0.717) is 0 Å². The average molecular weight is 1360 g/mol. The molecule has 0 unspecified atom stereocenters. The molecular weight excluding hydrogens is 1360 g/mol. The molecule has 0 saturated heterocycles. The van der Waals surface area contributed by atoms with Crippen molar-refractivity contribution in [3.05, 3.63) is 7.43 Å². The third kappa shape index (κ3) is 46.5. The van der Waals surface area contributed by atoms with Crippen molar-refractivity contribution in [2.75, 3.05) is 0 Å². The number of rotatable bonds is 0. The van der Waals surface area contributed by atoms with Gasteiger partial charge in [0.05, 0.1) is 0 Å². The summed E-state index contributed by atoms with van der Waals surface area (Å²) in [6, 6.07) is 0. The Hall–Kier alpha value is 4.55. The molecule has 0 aliphatic rings. The second kappa shape index (κ2) is 62.1. The van der Waals surface area contributed by atoms with Crippen LogP contribution in [-0.4, -0.2) is 0 Å². The van der Waals surface area contributed by atoms with E-state index in [1.165, 1.54) is 0 Å². The molecule has 0 aromatic heterocycles. The van der Waals surface area contributed by atoms with Crippen molar-refractivity contribution in [2.24, 2.45) is 0 Å². The Morgan fingerprint density at radius 2 is 0.250 bits per heavy atom.